The molecule has 0 N–H and O–H groups in total. The van der Waals surface area contributed by atoms with E-state index in [0.717, 1.165) is 39.1 Å². The van der Waals surface area contributed by atoms with Crippen molar-refractivity contribution in [3.63, 3.8) is 0 Å². The van der Waals surface area contributed by atoms with Crippen LogP contribution in [0.5, 0.6) is 0 Å². The van der Waals surface area contributed by atoms with Crippen LogP contribution in [0.15, 0.2) is 36.5 Å². The van der Waals surface area contributed by atoms with Crippen molar-refractivity contribution in [2.24, 2.45) is 0 Å². The standard InChI is InChI=1S/C20H24ClN3O/c1-15-4-5-17(12-16(15)2)14-23-8-3-9-24(11-10-23)20(25)18-6-7-19(21)22-13-18/h4-7,12-13H,3,8-11,14H2,1-2H3. The van der Waals surface area contributed by atoms with E-state index >= 15 is 0 Å². The van der Waals surface area contributed by atoms with Gasteiger partial charge in [0.1, 0.15) is 5.15 Å². The number of rotatable bonds is 3. The molecule has 1 saturated heterocycles. The Hall–Kier alpha value is -1.91. The Morgan fingerprint density at radius 3 is 2.64 bits per heavy atom. The molecule has 132 valence electrons. The highest BCUT2D eigenvalue weighted by atomic mass is 35.5. The van der Waals surface area contributed by atoms with Crippen molar-refractivity contribution in [2.75, 3.05) is 26.2 Å². The Morgan fingerprint density at radius 2 is 1.92 bits per heavy atom. The van der Waals surface area contributed by atoms with Crippen LogP contribution in [0.3, 0.4) is 0 Å². The van der Waals surface area contributed by atoms with E-state index in [1.54, 1.807) is 18.3 Å². The third-order valence-corrected chi connectivity index (χ3v) is 5.05. The zero-order chi connectivity index (χ0) is 17.8. The minimum absolute atomic E-state index is 0.0391. The van der Waals surface area contributed by atoms with Crippen LogP contribution in [0, 0.1) is 13.8 Å². The second kappa shape index (κ2) is 7.98. The molecule has 0 bridgehead atoms. The van der Waals surface area contributed by atoms with E-state index in [1.165, 1.54) is 16.7 Å². The summed E-state index contributed by atoms with van der Waals surface area (Å²) >= 11 is 5.80. The van der Waals surface area contributed by atoms with Gasteiger partial charge in [-0.2, -0.15) is 0 Å². The van der Waals surface area contributed by atoms with Gasteiger partial charge in [0.05, 0.1) is 5.56 Å². The van der Waals surface area contributed by atoms with Gasteiger partial charge in [0, 0.05) is 38.9 Å². The minimum atomic E-state index is 0.0391. The molecule has 0 atom stereocenters. The summed E-state index contributed by atoms with van der Waals surface area (Å²) in [6, 6.07) is 10.1. The maximum atomic E-state index is 12.6. The lowest BCUT2D eigenvalue weighted by molar-refractivity contribution is 0.0760. The monoisotopic (exact) mass is 357 g/mol. The summed E-state index contributed by atoms with van der Waals surface area (Å²) in [6.07, 6.45) is 2.54. The predicted molar refractivity (Wildman–Crippen MR) is 101 cm³/mol. The number of pyridine rings is 1. The average molecular weight is 358 g/mol. The van der Waals surface area contributed by atoms with Crippen molar-refractivity contribution in [2.45, 2.75) is 26.8 Å². The van der Waals surface area contributed by atoms with Gasteiger partial charge < -0.3 is 4.90 Å². The summed E-state index contributed by atoms with van der Waals surface area (Å²) in [4.78, 5) is 21.0. The summed E-state index contributed by atoms with van der Waals surface area (Å²) in [7, 11) is 0. The van der Waals surface area contributed by atoms with Crippen molar-refractivity contribution in [1.82, 2.24) is 14.8 Å². The first-order valence-electron chi connectivity index (χ1n) is 8.72. The third kappa shape index (κ3) is 4.59. The fraction of sp³-hybridized carbons (Fsp3) is 0.400. The molecule has 0 aliphatic carbocycles. The molecule has 0 unspecified atom stereocenters. The molecule has 25 heavy (non-hydrogen) atoms. The van der Waals surface area contributed by atoms with Gasteiger partial charge in [-0.3, -0.25) is 9.69 Å². The Kier molecular flexibility index (Phi) is 5.71. The molecule has 0 spiro atoms. The molecule has 2 heterocycles. The Morgan fingerprint density at radius 1 is 1.08 bits per heavy atom. The van der Waals surface area contributed by atoms with Gasteiger partial charge in [-0.25, -0.2) is 4.98 Å². The van der Waals surface area contributed by atoms with E-state index in [-0.39, 0.29) is 5.91 Å². The molecule has 1 fully saturated rings. The number of carbonyl (C=O) groups is 1. The van der Waals surface area contributed by atoms with Crippen LogP contribution in [0.4, 0.5) is 0 Å². The zero-order valence-corrected chi connectivity index (χ0v) is 15.6. The lowest BCUT2D eigenvalue weighted by Gasteiger charge is -2.22. The van der Waals surface area contributed by atoms with Gasteiger partial charge >= 0.3 is 0 Å². The van der Waals surface area contributed by atoms with Gasteiger partial charge in [-0.1, -0.05) is 29.8 Å². The molecule has 1 aliphatic heterocycles. The molecule has 1 aromatic heterocycles. The Labute approximate surface area is 154 Å². The largest absolute Gasteiger partial charge is 0.337 e. The molecular formula is C20H24ClN3O. The second-order valence-electron chi connectivity index (χ2n) is 6.71. The number of hydrogen-bond acceptors (Lipinski definition) is 3. The van der Waals surface area contributed by atoms with Gasteiger partial charge in [0.25, 0.3) is 5.91 Å². The normalized spacial score (nSPS) is 15.9. The van der Waals surface area contributed by atoms with Crippen LogP contribution < -0.4 is 0 Å². The van der Waals surface area contributed by atoms with Crippen molar-refractivity contribution in [3.8, 4) is 0 Å². The minimum Gasteiger partial charge on any atom is -0.337 e. The zero-order valence-electron chi connectivity index (χ0n) is 14.8. The second-order valence-corrected chi connectivity index (χ2v) is 7.10. The highest BCUT2D eigenvalue weighted by Gasteiger charge is 2.20. The Balaban J connectivity index is 1.60. The number of halogens is 1. The molecule has 5 heteroatoms. The van der Waals surface area contributed by atoms with E-state index in [2.05, 4.69) is 41.9 Å². The van der Waals surface area contributed by atoms with Crippen LogP contribution in [0.25, 0.3) is 0 Å². The number of amides is 1. The molecular weight excluding hydrogens is 334 g/mol. The first-order chi connectivity index (χ1) is 12.0. The molecule has 0 saturated carbocycles. The van der Waals surface area contributed by atoms with Crippen LogP contribution in [0.1, 0.15) is 33.5 Å². The highest BCUT2D eigenvalue weighted by molar-refractivity contribution is 6.29. The number of nitrogens with zero attached hydrogens (tertiary/aromatic N) is 3. The summed E-state index contributed by atoms with van der Waals surface area (Å²) in [6.45, 7) is 8.65. The van der Waals surface area contributed by atoms with Crippen molar-refractivity contribution in [1.29, 1.82) is 0 Å². The SMILES string of the molecule is Cc1ccc(CN2CCCN(C(=O)c3ccc(Cl)nc3)CC2)cc1C. The summed E-state index contributed by atoms with van der Waals surface area (Å²) < 4.78 is 0. The van der Waals surface area contributed by atoms with E-state index in [0.29, 0.717) is 10.7 Å². The number of aromatic nitrogens is 1. The van der Waals surface area contributed by atoms with Gasteiger partial charge in [-0.05, 0) is 49.1 Å². The maximum absolute atomic E-state index is 12.6. The maximum Gasteiger partial charge on any atom is 0.255 e. The fourth-order valence-electron chi connectivity index (χ4n) is 3.18. The van der Waals surface area contributed by atoms with Crippen molar-refractivity contribution < 1.29 is 4.79 Å². The molecule has 1 amide bonds. The molecule has 3 rings (SSSR count). The van der Waals surface area contributed by atoms with Gasteiger partial charge in [0.15, 0.2) is 0 Å². The first-order valence-corrected chi connectivity index (χ1v) is 9.10. The highest BCUT2D eigenvalue weighted by Crippen LogP contribution is 2.15. The van der Waals surface area contributed by atoms with Crippen molar-refractivity contribution in [3.05, 3.63) is 63.9 Å². The quantitative estimate of drug-likeness (QED) is 0.786. The molecule has 0 radical (unpaired) electrons. The van der Waals surface area contributed by atoms with E-state index in [1.807, 2.05) is 4.90 Å². The number of benzene rings is 1. The molecule has 2 aromatic rings. The summed E-state index contributed by atoms with van der Waals surface area (Å²) in [5, 5.41) is 0.409. The molecule has 1 aliphatic rings. The van der Waals surface area contributed by atoms with Crippen molar-refractivity contribution >= 4 is 17.5 Å². The number of aryl methyl sites for hydroxylation is 2. The van der Waals surface area contributed by atoms with E-state index in [4.69, 9.17) is 11.6 Å². The van der Waals surface area contributed by atoms with Gasteiger partial charge in [-0.15, -0.1) is 0 Å². The average Bonchev–Trinajstić information content (AvgIpc) is 2.84. The lowest BCUT2D eigenvalue weighted by Crippen LogP contribution is -2.35. The fourth-order valence-corrected chi connectivity index (χ4v) is 3.29. The smallest absolute Gasteiger partial charge is 0.255 e. The molecule has 1 aromatic carbocycles. The number of hydrogen-bond donors (Lipinski definition) is 0. The van der Waals surface area contributed by atoms with Crippen LogP contribution in [0.2, 0.25) is 5.15 Å². The summed E-state index contributed by atoms with van der Waals surface area (Å²) in [5.41, 5.74) is 4.60. The number of carbonyl (C=O) groups excluding carboxylic acids is 1. The predicted octanol–water partition coefficient (Wildman–Crippen LogP) is 3.70. The van der Waals surface area contributed by atoms with E-state index in [9.17, 15) is 4.79 Å². The van der Waals surface area contributed by atoms with E-state index < -0.39 is 0 Å². The lowest BCUT2D eigenvalue weighted by atomic mass is 10.1. The van der Waals surface area contributed by atoms with Crippen LogP contribution in [-0.4, -0.2) is 46.9 Å². The summed E-state index contributed by atoms with van der Waals surface area (Å²) in [5.74, 6) is 0.0391. The molecule has 4 nitrogen and oxygen atoms in total. The van der Waals surface area contributed by atoms with Crippen LogP contribution >= 0.6 is 11.6 Å². The topological polar surface area (TPSA) is 36.4 Å². The Bertz CT molecular complexity index is 745. The van der Waals surface area contributed by atoms with Crippen LogP contribution in [-0.2, 0) is 6.54 Å². The third-order valence-electron chi connectivity index (χ3n) is 4.83. The van der Waals surface area contributed by atoms with Gasteiger partial charge in [0.2, 0.25) is 0 Å². The first kappa shape index (κ1) is 17.9.